The molecule has 0 N–H and O–H groups in total. The Bertz CT molecular complexity index is 629. The lowest BCUT2D eigenvalue weighted by Gasteiger charge is -2.30. The second-order valence-electron chi connectivity index (χ2n) is 6.69. The second-order valence-corrected chi connectivity index (χ2v) is 6.69. The highest BCUT2D eigenvalue weighted by molar-refractivity contribution is 5.10. The summed E-state index contributed by atoms with van der Waals surface area (Å²) < 4.78 is 0. The van der Waals surface area contributed by atoms with Gasteiger partial charge in [-0.05, 0) is 57.1 Å². The molecule has 0 aromatic carbocycles. The molecule has 3 heterocycles. The van der Waals surface area contributed by atoms with Crippen LogP contribution >= 0.6 is 0 Å². The Hall–Kier alpha value is -1.78. The molecule has 0 unspecified atom stereocenters. The van der Waals surface area contributed by atoms with Gasteiger partial charge in [-0.2, -0.15) is 0 Å². The number of hydrogen-bond donors (Lipinski definition) is 0. The maximum Gasteiger partial charge on any atom is 0.0547 e. The summed E-state index contributed by atoms with van der Waals surface area (Å²) in [6.07, 6.45) is 4.50. The molecule has 1 aliphatic heterocycles. The summed E-state index contributed by atoms with van der Waals surface area (Å²) in [5, 5.41) is 0. The number of likely N-dealkylation sites (tertiary alicyclic amines) is 1. The topological polar surface area (TPSA) is 32.3 Å². The van der Waals surface area contributed by atoms with Gasteiger partial charge in [-0.25, -0.2) is 0 Å². The number of hydrogen-bond acceptors (Lipinski definition) is 4. The minimum Gasteiger partial charge on any atom is -0.299 e. The number of pyridine rings is 2. The lowest BCUT2D eigenvalue weighted by atomic mass is 10.2. The fourth-order valence-corrected chi connectivity index (χ4v) is 3.64. The predicted octanol–water partition coefficient (Wildman–Crippen LogP) is 3.27. The van der Waals surface area contributed by atoms with Gasteiger partial charge >= 0.3 is 0 Å². The number of likely N-dealkylation sites (N-methyl/N-ethyl adjacent to an activating group) is 1. The van der Waals surface area contributed by atoms with Crippen LogP contribution < -0.4 is 0 Å². The average molecular weight is 324 g/mol. The first-order valence-corrected chi connectivity index (χ1v) is 9.03. The fraction of sp³-hybridized carbons (Fsp3) is 0.500. The molecule has 1 atom stereocenters. The lowest BCUT2D eigenvalue weighted by Crippen LogP contribution is -2.40. The van der Waals surface area contributed by atoms with E-state index in [4.69, 9.17) is 4.98 Å². The fourth-order valence-electron chi connectivity index (χ4n) is 3.64. The van der Waals surface area contributed by atoms with Crippen molar-refractivity contribution in [2.45, 2.75) is 45.8 Å². The molecule has 2 aromatic rings. The van der Waals surface area contributed by atoms with Gasteiger partial charge in [0.2, 0.25) is 0 Å². The van der Waals surface area contributed by atoms with Crippen LogP contribution in [0.5, 0.6) is 0 Å². The highest BCUT2D eigenvalue weighted by Crippen LogP contribution is 2.19. The zero-order valence-electron chi connectivity index (χ0n) is 14.9. The summed E-state index contributed by atoms with van der Waals surface area (Å²) in [6, 6.07) is 13.1. The van der Waals surface area contributed by atoms with E-state index in [9.17, 15) is 0 Å². The SMILES string of the molecule is CCN1CCC[C@H]1CN(Cc1ccccn1)Cc1cccc(C)n1. The summed E-state index contributed by atoms with van der Waals surface area (Å²) in [6.45, 7) is 9.55. The Morgan fingerprint density at radius 3 is 2.71 bits per heavy atom. The van der Waals surface area contributed by atoms with Crippen LogP contribution in [0, 0.1) is 6.92 Å². The molecule has 128 valence electrons. The Balaban J connectivity index is 1.72. The molecule has 0 aliphatic carbocycles. The van der Waals surface area contributed by atoms with Crippen LogP contribution in [0.15, 0.2) is 42.6 Å². The molecule has 3 rings (SSSR count). The predicted molar refractivity (Wildman–Crippen MR) is 97.6 cm³/mol. The molecule has 4 nitrogen and oxygen atoms in total. The van der Waals surface area contributed by atoms with Gasteiger partial charge in [-0.15, -0.1) is 0 Å². The van der Waals surface area contributed by atoms with Crippen LogP contribution in [0.1, 0.15) is 36.8 Å². The van der Waals surface area contributed by atoms with E-state index in [0.29, 0.717) is 6.04 Å². The molecule has 1 saturated heterocycles. The van der Waals surface area contributed by atoms with E-state index in [2.05, 4.69) is 59.0 Å². The van der Waals surface area contributed by atoms with Crippen molar-refractivity contribution in [1.29, 1.82) is 0 Å². The van der Waals surface area contributed by atoms with Crippen LogP contribution in [-0.4, -0.2) is 45.4 Å². The van der Waals surface area contributed by atoms with Gasteiger partial charge in [0.05, 0.1) is 11.4 Å². The molecular formula is C20H28N4. The van der Waals surface area contributed by atoms with E-state index in [1.165, 1.54) is 19.4 Å². The molecule has 1 fully saturated rings. The highest BCUT2D eigenvalue weighted by atomic mass is 15.2. The van der Waals surface area contributed by atoms with Crippen molar-refractivity contribution in [1.82, 2.24) is 19.8 Å². The molecular weight excluding hydrogens is 296 g/mol. The van der Waals surface area contributed by atoms with Crippen molar-refractivity contribution in [2.24, 2.45) is 0 Å². The maximum atomic E-state index is 4.69. The maximum absolute atomic E-state index is 4.69. The summed E-state index contributed by atoms with van der Waals surface area (Å²) >= 11 is 0. The highest BCUT2D eigenvalue weighted by Gasteiger charge is 2.25. The number of aromatic nitrogens is 2. The zero-order valence-corrected chi connectivity index (χ0v) is 14.9. The van der Waals surface area contributed by atoms with Crippen molar-refractivity contribution < 1.29 is 0 Å². The van der Waals surface area contributed by atoms with Gasteiger partial charge < -0.3 is 0 Å². The Morgan fingerprint density at radius 2 is 1.96 bits per heavy atom. The summed E-state index contributed by atoms with van der Waals surface area (Å²) in [5.74, 6) is 0. The minimum atomic E-state index is 0.656. The molecule has 4 heteroatoms. The quantitative estimate of drug-likeness (QED) is 0.782. The third kappa shape index (κ3) is 4.62. The monoisotopic (exact) mass is 324 g/mol. The average Bonchev–Trinajstić information content (AvgIpc) is 3.03. The summed E-state index contributed by atoms with van der Waals surface area (Å²) in [7, 11) is 0. The molecule has 0 bridgehead atoms. The largest absolute Gasteiger partial charge is 0.299 e. The van der Waals surface area contributed by atoms with Crippen LogP contribution in [-0.2, 0) is 13.1 Å². The van der Waals surface area contributed by atoms with Crippen molar-refractivity contribution in [3.05, 3.63) is 59.7 Å². The van der Waals surface area contributed by atoms with Crippen LogP contribution in [0.2, 0.25) is 0 Å². The van der Waals surface area contributed by atoms with E-state index in [-0.39, 0.29) is 0 Å². The molecule has 0 saturated carbocycles. The molecule has 0 radical (unpaired) electrons. The van der Waals surface area contributed by atoms with E-state index < -0.39 is 0 Å². The molecule has 0 amide bonds. The summed E-state index contributed by atoms with van der Waals surface area (Å²) in [5.41, 5.74) is 3.36. The zero-order chi connectivity index (χ0) is 16.8. The second kappa shape index (κ2) is 8.36. The normalized spacial score (nSPS) is 18.4. The Morgan fingerprint density at radius 1 is 1.12 bits per heavy atom. The summed E-state index contributed by atoms with van der Waals surface area (Å²) in [4.78, 5) is 14.3. The molecule has 0 spiro atoms. The number of rotatable bonds is 7. The Kier molecular flexibility index (Phi) is 5.94. The minimum absolute atomic E-state index is 0.656. The standard InChI is InChI=1S/C20H28N4/c1-3-24-13-7-11-20(24)16-23(14-18-9-4-5-12-21-18)15-19-10-6-8-17(2)22-19/h4-6,8-10,12,20H,3,7,11,13-16H2,1-2H3/t20-/m0/s1. The smallest absolute Gasteiger partial charge is 0.0547 e. The Labute approximate surface area is 145 Å². The first-order chi connectivity index (χ1) is 11.7. The molecule has 1 aliphatic rings. The lowest BCUT2D eigenvalue weighted by molar-refractivity contribution is 0.163. The van der Waals surface area contributed by atoms with Gasteiger partial charge in [0.25, 0.3) is 0 Å². The van der Waals surface area contributed by atoms with Crippen molar-refractivity contribution in [3.8, 4) is 0 Å². The third-order valence-corrected chi connectivity index (χ3v) is 4.82. The number of aryl methyl sites for hydroxylation is 1. The van der Waals surface area contributed by atoms with Gasteiger partial charge in [-0.3, -0.25) is 19.8 Å². The third-order valence-electron chi connectivity index (χ3n) is 4.82. The molecule has 2 aromatic heterocycles. The first-order valence-electron chi connectivity index (χ1n) is 9.03. The van der Waals surface area contributed by atoms with Crippen LogP contribution in [0.4, 0.5) is 0 Å². The van der Waals surface area contributed by atoms with Gasteiger partial charge in [-0.1, -0.05) is 19.1 Å². The van der Waals surface area contributed by atoms with E-state index in [1.807, 2.05) is 12.3 Å². The van der Waals surface area contributed by atoms with Gasteiger partial charge in [0.1, 0.15) is 0 Å². The van der Waals surface area contributed by atoms with Crippen LogP contribution in [0.3, 0.4) is 0 Å². The van der Waals surface area contributed by atoms with Crippen molar-refractivity contribution in [2.75, 3.05) is 19.6 Å². The van der Waals surface area contributed by atoms with Crippen molar-refractivity contribution >= 4 is 0 Å². The number of nitrogens with zero attached hydrogens (tertiary/aromatic N) is 4. The molecule has 24 heavy (non-hydrogen) atoms. The van der Waals surface area contributed by atoms with Gasteiger partial charge in [0, 0.05) is 37.6 Å². The van der Waals surface area contributed by atoms with E-state index in [0.717, 1.165) is 43.3 Å². The first kappa shape index (κ1) is 17.1. The van der Waals surface area contributed by atoms with Crippen LogP contribution in [0.25, 0.3) is 0 Å². The van der Waals surface area contributed by atoms with Crippen molar-refractivity contribution in [3.63, 3.8) is 0 Å². The van der Waals surface area contributed by atoms with E-state index >= 15 is 0 Å². The van der Waals surface area contributed by atoms with E-state index in [1.54, 1.807) is 0 Å². The van der Waals surface area contributed by atoms with Gasteiger partial charge in [0.15, 0.2) is 0 Å².